The number of carbonyl (C=O) groups is 1. The van der Waals surface area contributed by atoms with Gasteiger partial charge in [-0.2, -0.15) is 0 Å². The summed E-state index contributed by atoms with van der Waals surface area (Å²) in [4.78, 5) is 17.6. The molecule has 2 bridgehead atoms. The van der Waals surface area contributed by atoms with Crippen LogP contribution >= 0.6 is 15.9 Å². The van der Waals surface area contributed by atoms with Gasteiger partial charge in [-0.05, 0) is 61.6 Å². The maximum atomic E-state index is 13.4. The Hall–Kier alpha value is -2.35. The van der Waals surface area contributed by atoms with Crippen LogP contribution in [-0.2, 0) is 23.1 Å². The third-order valence-corrected chi connectivity index (χ3v) is 9.59. The second kappa shape index (κ2) is 8.08. The molecule has 1 amide bonds. The quantitative estimate of drug-likeness (QED) is 0.569. The minimum absolute atomic E-state index is 0.0274. The third kappa shape index (κ3) is 3.11. The maximum Gasteiger partial charge on any atom is 0.227 e. The first kappa shape index (κ1) is 23.1. The number of amides is 1. The molecule has 4 aliphatic rings. The van der Waals surface area contributed by atoms with E-state index in [1.807, 2.05) is 48.4 Å². The van der Waals surface area contributed by atoms with E-state index in [2.05, 4.69) is 27.4 Å². The Morgan fingerprint density at radius 2 is 2.06 bits per heavy atom. The standard InChI is InChI=1S/C28H31BrN2O4/c1-3-13-31-14-12-27-24-18-6-9-21(32)25(24)35-26(27)20(10-11-28(27,34)22(31)16-18)30(2)23(33)15-17-4-7-19(29)8-5-17/h3-9,20,22,26,32,34H,1,10-16H2,2H3/t20-,22+,26-,27-,28+/m0/s1. The van der Waals surface area contributed by atoms with E-state index >= 15 is 0 Å². The predicted molar refractivity (Wildman–Crippen MR) is 137 cm³/mol. The van der Waals surface area contributed by atoms with Crippen molar-refractivity contribution in [3.63, 3.8) is 0 Å². The van der Waals surface area contributed by atoms with E-state index in [-0.39, 0.29) is 23.7 Å². The molecular weight excluding hydrogens is 508 g/mol. The number of halogens is 1. The van der Waals surface area contributed by atoms with Gasteiger partial charge in [-0.25, -0.2) is 0 Å². The Kier molecular flexibility index (Phi) is 5.33. The zero-order valence-corrected chi connectivity index (χ0v) is 21.5. The van der Waals surface area contributed by atoms with Gasteiger partial charge in [0.25, 0.3) is 0 Å². The van der Waals surface area contributed by atoms with Gasteiger partial charge in [0.1, 0.15) is 6.10 Å². The first-order valence-corrected chi connectivity index (χ1v) is 13.2. The fourth-order valence-electron chi connectivity index (χ4n) is 7.47. The van der Waals surface area contributed by atoms with Gasteiger partial charge in [0.05, 0.1) is 23.5 Å². The lowest BCUT2D eigenvalue weighted by atomic mass is 9.48. The van der Waals surface area contributed by atoms with E-state index in [9.17, 15) is 15.0 Å². The largest absolute Gasteiger partial charge is 0.504 e. The van der Waals surface area contributed by atoms with Crippen molar-refractivity contribution >= 4 is 21.8 Å². The highest BCUT2D eigenvalue weighted by Crippen LogP contribution is 2.65. The highest BCUT2D eigenvalue weighted by Gasteiger charge is 2.73. The lowest BCUT2D eigenvalue weighted by molar-refractivity contribution is -0.198. The molecule has 1 spiro atoms. The van der Waals surface area contributed by atoms with Crippen molar-refractivity contribution in [2.24, 2.45) is 0 Å². The molecule has 1 saturated carbocycles. The van der Waals surface area contributed by atoms with Crippen LogP contribution in [0.4, 0.5) is 0 Å². The zero-order valence-electron chi connectivity index (χ0n) is 19.9. The Labute approximate surface area is 214 Å². The van der Waals surface area contributed by atoms with Crippen LogP contribution in [0.5, 0.6) is 11.5 Å². The molecule has 2 fully saturated rings. The summed E-state index contributed by atoms with van der Waals surface area (Å²) in [6.07, 6.45) is 4.47. The summed E-state index contributed by atoms with van der Waals surface area (Å²) in [6, 6.07) is 11.3. The fourth-order valence-corrected chi connectivity index (χ4v) is 7.74. The summed E-state index contributed by atoms with van der Waals surface area (Å²) in [5.41, 5.74) is 1.43. The molecule has 6 nitrogen and oxygen atoms in total. The molecule has 7 heteroatoms. The van der Waals surface area contributed by atoms with Crippen LogP contribution in [0.2, 0.25) is 0 Å². The van der Waals surface area contributed by atoms with Crippen molar-refractivity contribution in [3.05, 3.63) is 70.2 Å². The van der Waals surface area contributed by atoms with E-state index < -0.39 is 17.1 Å². The van der Waals surface area contributed by atoms with Gasteiger partial charge in [-0.15, -0.1) is 6.58 Å². The third-order valence-electron chi connectivity index (χ3n) is 9.06. The first-order chi connectivity index (χ1) is 16.8. The average Bonchev–Trinajstić information content (AvgIpc) is 3.19. The summed E-state index contributed by atoms with van der Waals surface area (Å²) in [5, 5.41) is 23.2. The Bertz CT molecular complexity index is 1200. The second-order valence-corrected chi connectivity index (χ2v) is 11.5. The molecule has 0 radical (unpaired) electrons. The molecule has 0 unspecified atom stereocenters. The highest BCUT2D eigenvalue weighted by molar-refractivity contribution is 9.10. The van der Waals surface area contributed by atoms with E-state index in [1.165, 1.54) is 0 Å². The van der Waals surface area contributed by atoms with Crippen molar-refractivity contribution in [1.29, 1.82) is 0 Å². The lowest BCUT2D eigenvalue weighted by Gasteiger charge is -2.64. The summed E-state index contributed by atoms with van der Waals surface area (Å²) < 4.78 is 7.55. The molecule has 2 aromatic carbocycles. The van der Waals surface area contributed by atoms with Crippen LogP contribution in [-0.4, -0.2) is 69.8 Å². The molecule has 2 N–H and O–H groups in total. The van der Waals surface area contributed by atoms with Gasteiger partial charge >= 0.3 is 0 Å². The van der Waals surface area contributed by atoms with E-state index in [0.717, 1.165) is 34.3 Å². The molecule has 2 aliphatic carbocycles. The van der Waals surface area contributed by atoms with Crippen LogP contribution in [0, 0.1) is 0 Å². The molecule has 2 aliphatic heterocycles. The van der Waals surface area contributed by atoms with Crippen LogP contribution in [0.1, 0.15) is 36.0 Å². The number of carbonyl (C=O) groups excluding carboxylic acids is 1. The van der Waals surface area contributed by atoms with Crippen molar-refractivity contribution in [2.45, 2.75) is 61.3 Å². The number of piperidine rings is 1. The number of likely N-dealkylation sites (N-methyl/N-ethyl adjacent to an activating group) is 1. The molecule has 1 saturated heterocycles. The van der Waals surface area contributed by atoms with Gasteiger partial charge in [0.15, 0.2) is 11.5 Å². The van der Waals surface area contributed by atoms with Crippen molar-refractivity contribution in [2.75, 3.05) is 20.1 Å². The van der Waals surface area contributed by atoms with Gasteiger partial charge in [-0.1, -0.05) is 40.2 Å². The number of hydrogen-bond donors (Lipinski definition) is 2. The Morgan fingerprint density at radius 1 is 1.29 bits per heavy atom. The van der Waals surface area contributed by atoms with Gasteiger partial charge in [0.2, 0.25) is 5.91 Å². The molecular formula is C28H31BrN2O4. The van der Waals surface area contributed by atoms with Crippen molar-refractivity contribution < 1.29 is 19.7 Å². The number of likely N-dealkylation sites (tertiary alicyclic amines) is 1. The highest BCUT2D eigenvalue weighted by atomic mass is 79.9. The Morgan fingerprint density at radius 3 is 2.80 bits per heavy atom. The van der Waals surface area contributed by atoms with Crippen molar-refractivity contribution in [3.8, 4) is 11.5 Å². The molecule has 2 heterocycles. The van der Waals surface area contributed by atoms with E-state index in [4.69, 9.17) is 4.74 Å². The van der Waals surface area contributed by atoms with Gasteiger partial charge in [-0.3, -0.25) is 9.69 Å². The monoisotopic (exact) mass is 538 g/mol. The summed E-state index contributed by atoms with van der Waals surface area (Å²) in [7, 11) is 1.85. The van der Waals surface area contributed by atoms with Crippen LogP contribution in [0.3, 0.4) is 0 Å². The van der Waals surface area contributed by atoms with E-state index in [0.29, 0.717) is 37.9 Å². The zero-order chi connectivity index (χ0) is 24.5. The first-order valence-electron chi connectivity index (χ1n) is 12.4. The van der Waals surface area contributed by atoms with Gasteiger partial charge in [0, 0.05) is 29.7 Å². The molecule has 35 heavy (non-hydrogen) atoms. The van der Waals surface area contributed by atoms with Gasteiger partial charge < -0.3 is 19.8 Å². The molecule has 5 atom stereocenters. The molecule has 0 aromatic heterocycles. The number of hydrogen-bond acceptors (Lipinski definition) is 5. The smallest absolute Gasteiger partial charge is 0.227 e. The number of aromatic hydroxyl groups is 1. The number of aliphatic hydroxyl groups is 1. The van der Waals surface area contributed by atoms with Crippen LogP contribution in [0.25, 0.3) is 0 Å². The SMILES string of the molecule is C=CCN1CC[C@]23c4c5ccc(O)c4O[C@H]2[C@@H](N(C)C(=O)Cc2ccc(Br)cc2)CC[C@@]3(O)[C@H]1C5. The summed E-state index contributed by atoms with van der Waals surface area (Å²) in [5.74, 6) is 0.645. The number of nitrogens with zero attached hydrogens (tertiary/aromatic N) is 2. The minimum Gasteiger partial charge on any atom is -0.504 e. The summed E-state index contributed by atoms with van der Waals surface area (Å²) in [6.45, 7) is 5.47. The minimum atomic E-state index is -0.989. The van der Waals surface area contributed by atoms with Crippen molar-refractivity contribution in [1.82, 2.24) is 9.80 Å². The molecule has 2 aromatic rings. The number of phenolic OH excluding ortho intramolecular Hbond substituents is 1. The number of phenols is 1. The number of ether oxygens (including phenoxy) is 1. The number of rotatable bonds is 5. The normalized spacial score (nSPS) is 32.5. The van der Waals surface area contributed by atoms with Crippen LogP contribution in [0.15, 0.2) is 53.5 Å². The Balaban J connectivity index is 1.39. The lowest BCUT2D eigenvalue weighted by Crippen LogP contribution is -2.78. The molecule has 184 valence electrons. The topological polar surface area (TPSA) is 73.2 Å². The predicted octanol–water partition coefficient (Wildman–Crippen LogP) is 3.56. The number of benzene rings is 2. The second-order valence-electron chi connectivity index (χ2n) is 10.5. The summed E-state index contributed by atoms with van der Waals surface area (Å²) >= 11 is 3.45. The van der Waals surface area contributed by atoms with E-state index in [1.54, 1.807) is 6.07 Å². The fraction of sp³-hybridized carbons (Fsp3) is 0.464. The maximum absolute atomic E-state index is 13.4. The molecule has 6 rings (SSSR count). The van der Waals surface area contributed by atoms with Crippen LogP contribution < -0.4 is 4.74 Å². The average molecular weight is 539 g/mol.